The Morgan fingerprint density at radius 2 is 1.89 bits per heavy atom. The highest BCUT2D eigenvalue weighted by Gasteiger charge is 2.33. The highest BCUT2D eigenvalue weighted by molar-refractivity contribution is 7.80. The summed E-state index contributed by atoms with van der Waals surface area (Å²) in [4.78, 5) is 15.6. The van der Waals surface area contributed by atoms with Crippen molar-refractivity contribution in [3.8, 4) is 0 Å². The second-order valence-electron chi connectivity index (χ2n) is 5.01. The van der Waals surface area contributed by atoms with Gasteiger partial charge in [0, 0.05) is 24.1 Å². The third-order valence-electron chi connectivity index (χ3n) is 3.42. The minimum absolute atomic E-state index is 0.124. The Kier molecular flexibility index (Phi) is 6.04. The van der Waals surface area contributed by atoms with Crippen LogP contribution in [0.2, 0.25) is 0 Å². The highest BCUT2D eigenvalue weighted by atomic mass is 32.1. The van der Waals surface area contributed by atoms with Gasteiger partial charge in [-0.25, -0.2) is 0 Å². The predicted molar refractivity (Wildman–Crippen MR) is 81.2 cm³/mol. The first kappa shape index (κ1) is 16.2. The summed E-state index contributed by atoms with van der Waals surface area (Å²) in [5.41, 5.74) is 0.185. The van der Waals surface area contributed by atoms with Gasteiger partial charge < -0.3 is 4.74 Å². The second kappa shape index (κ2) is 7.08. The van der Waals surface area contributed by atoms with Crippen LogP contribution in [0.1, 0.15) is 31.1 Å². The van der Waals surface area contributed by atoms with Crippen LogP contribution in [0.4, 0.5) is 0 Å². The van der Waals surface area contributed by atoms with E-state index in [-0.39, 0.29) is 5.78 Å². The molecule has 0 aliphatic heterocycles. The average Bonchev–Trinajstić information content (AvgIpc) is 2.39. The third kappa shape index (κ3) is 4.06. The number of ketones is 1. The number of carbonyl (C=O) groups is 1. The highest BCUT2D eigenvalue weighted by Crippen LogP contribution is 2.21. The molecule has 0 saturated heterocycles. The average molecular weight is 281 g/mol. The summed E-state index contributed by atoms with van der Waals surface area (Å²) in [6.45, 7) is 8.16. The van der Waals surface area contributed by atoms with Crippen LogP contribution in [0.15, 0.2) is 29.2 Å². The molecular formula is C15H23NO2S. The molecule has 0 aromatic heterocycles. The van der Waals surface area contributed by atoms with Crippen molar-refractivity contribution in [1.29, 1.82) is 0 Å². The van der Waals surface area contributed by atoms with Crippen LogP contribution in [0, 0.1) is 0 Å². The van der Waals surface area contributed by atoms with E-state index in [1.807, 2.05) is 38.1 Å². The van der Waals surface area contributed by atoms with Crippen LogP contribution < -0.4 is 0 Å². The van der Waals surface area contributed by atoms with Gasteiger partial charge in [-0.1, -0.05) is 19.1 Å². The maximum absolute atomic E-state index is 12.6. The number of hydrogen-bond donors (Lipinski definition) is 1. The molecule has 0 heterocycles. The minimum Gasteiger partial charge on any atom is -0.383 e. The molecule has 0 amide bonds. The SMILES string of the molecule is CCN(CCOC)C(C)(C)C(=O)c1ccc(S)cc1. The Balaban J connectivity index is 2.90. The molecule has 0 unspecified atom stereocenters. The van der Waals surface area contributed by atoms with Crippen molar-refractivity contribution < 1.29 is 9.53 Å². The Morgan fingerprint density at radius 1 is 1.32 bits per heavy atom. The molecule has 3 nitrogen and oxygen atoms in total. The molecule has 1 rings (SSSR count). The molecule has 106 valence electrons. The number of nitrogens with zero attached hydrogens (tertiary/aromatic N) is 1. The lowest BCUT2D eigenvalue weighted by Gasteiger charge is -2.36. The number of likely N-dealkylation sites (N-methyl/N-ethyl adjacent to an activating group) is 1. The van der Waals surface area contributed by atoms with Gasteiger partial charge in [-0.3, -0.25) is 9.69 Å². The van der Waals surface area contributed by atoms with Crippen molar-refractivity contribution in [1.82, 2.24) is 4.90 Å². The molecule has 0 fully saturated rings. The van der Waals surface area contributed by atoms with Gasteiger partial charge in [0.2, 0.25) is 0 Å². The van der Waals surface area contributed by atoms with E-state index in [1.165, 1.54) is 0 Å². The lowest BCUT2D eigenvalue weighted by atomic mass is 9.91. The van der Waals surface area contributed by atoms with Crippen molar-refractivity contribution in [3.05, 3.63) is 29.8 Å². The summed E-state index contributed by atoms with van der Waals surface area (Å²) in [5, 5.41) is 0. The first-order chi connectivity index (χ1) is 8.93. The number of ether oxygens (including phenoxy) is 1. The monoisotopic (exact) mass is 281 g/mol. The topological polar surface area (TPSA) is 29.5 Å². The Labute approximate surface area is 121 Å². The van der Waals surface area contributed by atoms with Gasteiger partial charge in [0.25, 0.3) is 0 Å². The van der Waals surface area contributed by atoms with E-state index in [0.717, 1.165) is 23.5 Å². The van der Waals surface area contributed by atoms with Crippen molar-refractivity contribution in [2.45, 2.75) is 31.2 Å². The van der Waals surface area contributed by atoms with Gasteiger partial charge in [0.05, 0.1) is 12.1 Å². The number of benzene rings is 1. The fraction of sp³-hybridized carbons (Fsp3) is 0.533. The third-order valence-corrected chi connectivity index (χ3v) is 3.72. The molecule has 0 N–H and O–H groups in total. The Bertz CT molecular complexity index is 415. The summed E-state index contributed by atoms with van der Waals surface area (Å²) in [5.74, 6) is 0.124. The van der Waals surface area contributed by atoms with E-state index in [0.29, 0.717) is 6.61 Å². The van der Waals surface area contributed by atoms with Crippen LogP contribution in [0.25, 0.3) is 0 Å². The summed E-state index contributed by atoms with van der Waals surface area (Å²) < 4.78 is 5.11. The number of thiol groups is 1. The van der Waals surface area contributed by atoms with E-state index in [1.54, 1.807) is 7.11 Å². The number of rotatable bonds is 7. The number of carbonyl (C=O) groups excluding carboxylic acids is 1. The molecule has 0 spiro atoms. The van der Waals surface area contributed by atoms with Crippen LogP contribution in [0.3, 0.4) is 0 Å². The normalized spacial score (nSPS) is 11.9. The molecule has 0 atom stereocenters. The van der Waals surface area contributed by atoms with Gasteiger partial charge in [-0.2, -0.15) is 0 Å². The van der Waals surface area contributed by atoms with Gasteiger partial charge >= 0.3 is 0 Å². The fourth-order valence-electron chi connectivity index (χ4n) is 2.14. The molecule has 1 aromatic carbocycles. The second-order valence-corrected chi connectivity index (χ2v) is 5.52. The number of methoxy groups -OCH3 is 1. The summed E-state index contributed by atoms with van der Waals surface area (Å²) in [7, 11) is 1.67. The van der Waals surface area contributed by atoms with Crippen molar-refractivity contribution >= 4 is 18.4 Å². The van der Waals surface area contributed by atoms with Gasteiger partial charge in [-0.05, 0) is 32.5 Å². The van der Waals surface area contributed by atoms with E-state index in [4.69, 9.17) is 4.74 Å². The van der Waals surface area contributed by atoms with Gasteiger partial charge in [0.15, 0.2) is 5.78 Å². The van der Waals surface area contributed by atoms with Crippen molar-refractivity contribution in [2.75, 3.05) is 26.8 Å². The first-order valence-electron chi connectivity index (χ1n) is 6.51. The van der Waals surface area contributed by atoms with Crippen LogP contribution in [-0.2, 0) is 4.74 Å². The lowest BCUT2D eigenvalue weighted by molar-refractivity contribution is 0.0557. The Hall–Kier alpha value is -0.840. The van der Waals surface area contributed by atoms with Crippen LogP contribution in [0.5, 0.6) is 0 Å². The molecule has 19 heavy (non-hydrogen) atoms. The predicted octanol–water partition coefficient (Wildman–Crippen LogP) is 2.90. The minimum atomic E-state index is -0.536. The van der Waals surface area contributed by atoms with E-state index in [2.05, 4.69) is 24.5 Å². The van der Waals surface area contributed by atoms with Crippen molar-refractivity contribution in [2.24, 2.45) is 0 Å². The zero-order valence-corrected chi connectivity index (χ0v) is 13.0. The molecule has 1 aromatic rings. The molecule has 0 bridgehead atoms. The van der Waals surface area contributed by atoms with E-state index in [9.17, 15) is 4.79 Å². The zero-order chi connectivity index (χ0) is 14.5. The smallest absolute Gasteiger partial charge is 0.182 e. The molecule has 0 saturated carbocycles. The first-order valence-corrected chi connectivity index (χ1v) is 6.96. The quantitative estimate of drug-likeness (QED) is 0.615. The van der Waals surface area contributed by atoms with Gasteiger partial charge in [-0.15, -0.1) is 12.6 Å². The standard InChI is InChI=1S/C15H23NO2S/c1-5-16(10-11-18-4)15(2,3)14(17)12-6-8-13(19)9-7-12/h6-9,19H,5,10-11H2,1-4H3. The lowest BCUT2D eigenvalue weighted by Crippen LogP contribution is -2.51. The Morgan fingerprint density at radius 3 is 2.37 bits per heavy atom. The van der Waals surface area contributed by atoms with E-state index < -0.39 is 5.54 Å². The van der Waals surface area contributed by atoms with Crippen LogP contribution >= 0.6 is 12.6 Å². The summed E-state index contributed by atoms with van der Waals surface area (Å²) in [6, 6.07) is 7.35. The number of Topliss-reactive ketones (excluding diaryl/α,β-unsaturated/α-hetero) is 1. The maximum Gasteiger partial charge on any atom is 0.182 e. The van der Waals surface area contributed by atoms with Crippen molar-refractivity contribution in [3.63, 3.8) is 0 Å². The summed E-state index contributed by atoms with van der Waals surface area (Å²) in [6.07, 6.45) is 0. The molecule has 0 radical (unpaired) electrons. The van der Waals surface area contributed by atoms with Gasteiger partial charge in [0.1, 0.15) is 0 Å². The fourth-order valence-corrected chi connectivity index (χ4v) is 2.29. The van der Waals surface area contributed by atoms with E-state index >= 15 is 0 Å². The maximum atomic E-state index is 12.6. The zero-order valence-electron chi connectivity index (χ0n) is 12.1. The molecule has 0 aliphatic carbocycles. The molecule has 4 heteroatoms. The largest absolute Gasteiger partial charge is 0.383 e. The number of hydrogen-bond acceptors (Lipinski definition) is 4. The molecular weight excluding hydrogens is 258 g/mol. The summed E-state index contributed by atoms with van der Waals surface area (Å²) >= 11 is 4.24. The van der Waals surface area contributed by atoms with Crippen LogP contribution in [-0.4, -0.2) is 43.0 Å². The molecule has 0 aliphatic rings.